The molecular formula is C88H88B2-2. The van der Waals surface area contributed by atoms with Gasteiger partial charge in [-0.15, -0.1) is 0 Å². The Kier molecular flexibility index (Phi) is 17.8. The molecule has 90 heavy (non-hydrogen) atoms. The highest BCUT2D eigenvalue weighted by Gasteiger charge is 2.35. The average Bonchev–Trinajstić information content (AvgIpc) is 0.753. The van der Waals surface area contributed by atoms with Crippen molar-refractivity contribution in [2.24, 2.45) is 0 Å². The van der Waals surface area contributed by atoms with Gasteiger partial charge in [-0.2, -0.15) is 43.7 Å². The van der Waals surface area contributed by atoms with Crippen LogP contribution >= 0.6 is 0 Å². The molecule has 12 rings (SSSR count). The second-order valence-electron chi connectivity index (χ2n) is 29.2. The average molecular weight is 1170 g/mol. The molecule has 0 bridgehead atoms. The lowest BCUT2D eigenvalue weighted by Crippen LogP contribution is -2.74. The zero-order valence-electron chi connectivity index (χ0n) is 55.2. The summed E-state index contributed by atoms with van der Waals surface area (Å²) in [5.41, 5.74) is 26.2. The maximum atomic E-state index is 2.40. The molecule has 0 amide bonds. The van der Waals surface area contributed by atoms with Crippen LogP contribution in [0.3, 0.4) is 0 Å². The molecule has 0 atom stereocenters. The van der Waals surface area contributed by atoms with Crippen LogP contribution < -0.4 is 43.7 Å². The molecule has 0 aromatic heterocycles. The SMILES string of the molecule is CC(C)(C)c1ccc([B-](c2ccc(C(C)(C)C)cc2)(c2ccc(C(C)(C)C)cc2)c2ccc(C(C)(C)C)cc2)cc1.c1ccc(-c2ccc([B-](c3ccc(-c4ccccc4)cc3)(c3ccc(-c4ccccc4)cc3)c3ccc(-c4ccccc4)cc3)cc2)cc1. The van der Waals surface area contributed by atoms with E-state index in [1.165, 1.54) is 110 Å². The molecule has 0 radical (unpaired) electrons. The zero-order valence-corrected chi connectivity index (χ0v) is 55.2. The highest BCUT2D eigenvalue weighted by atomic mass is 14.2. The van der Waals surface area contributed by atoms with Gasteiger partial charge in [0.1, 0.15) is 12.3 Å². The zero-order chi connectivity index (χ0) is 63.3. The Labute approximate surface area is 539 Å². The van der Waals surface area contributed by atoms with Gasteiger partial charge in [-0.05, 0) is 88.4 Å². The Balaban J connectivity index is 0.000000189. The number of hydrogen-bond donors (Lipinski definition) is 0. The lowest BCUT2D eigenvalue weighted by molar-refractivity contribution is 0.590. The fraction of sp³-hybridized carbons (Fsp3) is 0.182. The topological polar surface area (TPSA) is 0 Å². The van der Waals surface area contributed by atoms with E-state index in [1.807, 2.05) is 0 Å². The monoisotopic (exact) mass is 1170 g/mol. The first-order chi connectivity index (χ1) is 43.1. The van der Waals surface area contributed by atoms with Crippen molar-refractivity contribution in [2.75, 3.05) is 0 Å². The lowest BCUT2D eigenvalue weighted by atomic mass is 9.13. The number of rotatable bonds is 12. The van der Waals surface area contributed by atoms with Gasteiger partial charge in [0.15, 0.2) is 0 Å². The normalized spacial score (nSPS) is 12.2. The molecule has 0 unspecified atom stereocenters. The summed E-state index contributed by atoms with van der Waals surface area (Å²) >= 11 is 0. The van der Waals surface area contributed by atoms with Gasteiger partial charge in [0, 0.05) is 0 Å². The van der Waals surface area contributed by atoms with Gasteiger partial charge >= 0.3 is 0 Å². The molecule has 0 aliphatic rings. The largest absolute Gasteiger partial charge is 0.195 e. The summed E-state index contributed by atoms with van der Waals surface area (Å²) < 4.78 is 0. The van der Waals surface area contributed by atoms with Gasteiger partial charge in [-0.3, -0.25) is 0 Å². The predicted octanol–water partition coefficient (Wildman–Crippen LogP) is 18.0. The Bertz CT molecular complexity index is 3670. The van der Waals surface area contributed by atoms with Crippen LogP contribution in [0.2, 0.25) is 0 Å². The van der Waals surface area contributed by atoms with Gasteiger partial charge in [0.05, 0.1) is 0 Å². The van der Waals surface area contributed by atoms with E-state index < -0.39 is 12.3 Å². The second-order valence-corrected chi connectivity index (χ2v) is 29.2. The van der Waals surface area contributed by atoms with Gasteiger partial charge in [-0.1, -0.05) is 399 Å². The van der Waals surface area contributed by atoms with E-state index in [2.05, 4.69) is 399 Å². The fourth-order valence-electron chi connectivity index (χ4n) is 13.8. The summed E-state index contributed by atoms with van der Waals surface area (Å²) in [5, 5.41) is 0. The minimum atomic E-state index is -1.57. The number of benzene rings is 12. The molecule has 2 heteroatoms. The first-order valence-corrected chi connectivity index (χ1v) is 32.5. The molecule has 0 aliphatic carbocycles. The van der Waals surface area contributed by atoms with Gasteiger partial charge in [0.2, 0.25) is 0 Å². The third kappa shape index (κ3) is 13.1. The molecule has 0 nitrogen and oxygen atoms in total. The van der Waals surface area contributed by atoms with Crippen molar-refractivity contribution in [1.29, 1.82) is 0 Å². The predicted molar refractivity (Wildman–Crippen MR) is 397 cm³/mol. The second kappa shape index (κ2) is 25.7. The van der Waals surface area contributed by atoms with Crippen LogP contribution in [-0.2, 0) is 21.7 Å². The van der Waals surface area contributed by atoms with E-state index in [9.17, 15) is 0 Å². The van der Waals surface area contributed by atoms with Crippen LogP contribution in [-0.4, -0.2) is 12.3 Å². The summed E-state index contributed by atoms with van der Waals surface area (Å²) in [6.07, 6.45) is -3.01. The molecule has 0 aliphatic heterocycles. The van der Waals surface area contributed by atoms with Crippen molar-refractivity contribution >= 4 is 56.0 Å². The highest BCUT2D eigenvalue weighted by molar-refractivity contribution is 7.20. The molecule has 0 N–H and O–H groups in total. The molecule has 0 spiro atoms. The summed E-state index contributed by atoms with van der Waals surface area (Å²) in [7, 11) is 0. The van der Waals surface area contributed by atoms with E-state index in [0.29, 0.717) is 0 Å². The fourth-order valence-corrected chi connectivity index (χ4v) is 13.8. The Morgan fingerprint density at radius 1 is 0.144 bits per heavy atom. The van der Waals surface area contributed by atoms with E-state index >= 15 is 0 Å². The minimum Gasteiger partial charge on any atom is -0.195 e. The molecule has 0 saturated heterocycles. The quantitative estimate of drug-likeness (QED) is 0.107. The van der Waals surface area contributed by atoms with Gasteiger partial charge in [0.25, 0.3) is 0 Å². The van der Waals surface area contributed by atoms with Crippen LogP contribution in [0.1, 0.15) is 105 Å². The van der Waals surface area contributed by atoms with E-state index in [4.69, 9.17) is 0 Å². The first-order valence-electron chi connectivity index (χ1n) is 32.5. The van der Waals surface area contributed by atoms with Crippen molar-refractivity contribution in [3.05, 3.63) is 338 Å². The van der Waals surface area contributed by atoms with E-state index in [1.54, 1.807) is 0 Å². The molecule has 0 heterocycles. The molecule has 448 valence electrons. The van der Waals surface area contributed by atoms with Gasteiger partial charge in [-0.25, -0.2) is 0 Å². The molecular weight excluding hydrogens is 1080 g/mol. The Hall–Kier alpha value is -9.23. The van der Waals surface area contributed by atoms with Gasteiger partial charge < -0.3 is 0 Å². The van der Waals surface area contributed by atoms with Crippen LogP contribution in [0.5, 0.6) is 0 Å². The summed E-state index contributed by atoms with van der Waals surface area (Å²) in [5.74, 6) is 0. The Morgan fingerprint density at radius 3 is 0.400 bits per heavy atom. The molecule has 12 aromatic rings. The van der Waals surface area contributed by atoms with Crippen molar-refractivity contribution in [1.82, 2.24) is 0 Å². The minimum absolute atomic E-state index is 0.102. The first kappa shape index (κ1) is 62.4. The van der Waals surface area contributed by atoms with Crippen LogP contribution in [0.25, 0.3) is 44.5 Å². The van der Waals surface area contributed by atoms with Crippen molar-refractivity contribution in [3.63, 3.8) is 0 Å². The van der Waals surface area contributed by atoms with E-state index in [0.717, 1.165) is 0 Å². The van der Waals surface area contributed by atoms with Crippen LogP contribution in [0.15, 0.2) is 315 Å². The Morgan fingerprint density at radius 2 is 0.267 bits per heavy atom. The summed E-state index contributed by atoms with van der Waals surface area (Å²) in [6.45, 7) is 27.5. The third-order valence-corrected chi connectivity index (χ3v) is 19.2. The third-order valence-electron chi connectivity index (χ3n) is 19.2. The van der Waals surface area contributed by atoms with Crippen molar-refractivity contribution < 1.29 is 0 Å². The van der Waals surface area contributed by atoms with Crippen LogP contribution in [0.4, 0.5) is 0 Å². The smallest absolute Gasteiger partial charge is 0.108 e. The lowest BCUT2D eigenvalue weighted by Gasteiger charge is -2.45. The van der Waals surface area contributed by atoms with E-state index in [-0.39, 0.29) is 21.7 Å². The number of hydrogen-bond acceptors (Lipinski definition) is 0. The highest BCUT2D eigenvalue weighted by Crippen LogP contribution is 2.29. The molecule has 0 fully saturated rings. The summed E-state index contributed by atoms with van der Waals surface area (Å²) in [4.78, 5) is 0. The van der Waals surface area contributed by atoms with Crippen molar-refractivity contribution in [2.45, 2.75) is 105 Å². The maximum Gasteiger partial charge on any atom is 0.108 e. The molecule has 0 saturated carbocycles. The van der Waals surface area contributed by atoms with Crippen LogP contribution in [0, 0.1) is 0 Å². The summed E-state index contributed by atoms with van der Waals surface area (Å²) in [6, 6.07) is 118. The standard InChI is InChI=1S/C48H36B.C40H52B/c1-5-13-37(14-6-1)41-21-29-45(30-22-41)49(46-31-23-42(24-32-46)38-15-7-2-8-16-38,47-33-25-43(26-34-47)39-17-9-3-10-18-39)48-35-27-44(28-36-48)40-19-11-4-12-20-40;1-37(2,3)29-13-21-33(22-14-29)41(34-23-15-30(16-24-34)38(4,5)6,35-25-17-31(18-26-35)39(7,8)9)36-27-19-32(20-28-36)40(10,11)12/h1-36H;13-28H,1-12H3/q2*-1. The maximum absolute atomic E-state index is 2.40. The molecule has 12 aromatic carbocycles. The van der Waals surface area contributed by atoms with Crippen molar-refractivity contribution in [3.8, 4) is 44.5 Å².